The van der Waals surface area contributed by atoms with Crippen LogP contribution in [0.1, 0.15) is 32.6 Å². The zero-order valence-electron chi connectivity index (χ0n) is 16.6. The maximum atomic E-state index is 13.5. The summed E-state index contributed by atoms with van der Waals surface area (Å²) in [6, 6.07) is 11.2. The molecular weight excluding hydrogens is 339 g/mol. The van der Waals surface area contributed by atoms with E-state index in [4.69, 9.17) is 0 Å². The molecule has 5 heteroatoms. The first-order valence-electron chi connectivity index (χ1n) is 10.1. The van der Waals surface area contributed by atoms with Crippen LogP contribution in [0, 0.1) is 5.82 Å². The van der Waals surface area contributed by atoms with Crippen LogP contribution in [0.25, 0.3) is 0 Å². The quantitative estimate of drug-likeness (QED) is 0.679. The molecule has 1 aliphatic heterocycles. The van der Waals surface area contributed by atoms with Gasteiger partial charge in [0.15, 0.2) is 0 Å². The van der Waals surface area contributed by atoms with Gasteiger partial charge in [-0.05, 0) is 56.9 Å². The fourth-order valence-corrected chi connectivity index (χ4v) is 3.72. The van der Waals surface area contributed by atoms with E-state index < -0.39 is 0 Å². The highest BCUT2D eigenvalue weighted by Crippen LogP contribution is 2.23. The second kappa shape index (κ2) is 9.58. The van der Waals surface area contributed by atoms with E-state index in [0.29, 0.717) is 0 Å². The van der Waals surface area contributed by atoms with Gasteiger partial charge >= 0.3 is 0 Å². The molecule has 1 fully saturated rings. The van der Waals surface area contributed by atoms with Crippen molar-refractivity contribution in [2.45, 2.75) is 32.6 Å². The zero-order chi connectivity index (χ0) is 19.1. The Morgan fingerprint density at radius 3 is 2.63 bits per heavy atom. The van der Waals surface area contributed by atoms with Crippen LogP contribution >= 0.6 is 0 Å². The average Bonchev–Trinajstić information content (AvgIpc) is 2.72. The van der Waals surface area contributed by atoms with Crippen LogP contribution in [0.15, 0.2) is 42.6 Å². The number of anilines is 3. The van der Waals surface area contributed by atoms with Crippen LogP contribution in [-0.4, -0.2) is 44.8 Å². The first-order chi connectivity index (χ1) is 13.2. The Morgan fingerprint density at radius 1 is 1.07 bits per heavy atom. The highest BCUT2D eigenvalue weighted by Gasteiger charge is 2.13. The molecule has 3 rings (SSSR count). The second-order valence-corrected chi connectivity index (χ2v) is 7.25. The molecule has 2 heterocycles. The van der Waals surface area contributed by atoms with Crippen LogP contribution in [0.5, 0.6) is 0 Å². The van der Waals surface area contributed by atoms with Crippen LogP contribution in [-0.2, 0) is 0 Å². The number of nitrogens with zero attached hydrogens (tertiary/aromatic N) is 4. The summed E-state index contributed by atoms with van der Waals surface area (Å²) in [7, 11) is 2.10. The van der Waals surface area contributed by atoms with Crippen molar-refractivity contribution >= 4 is 17.2 Å². The van der Waals surface area contributed by atoms with E-state index in [2.05, 4.69) is 45.8 Å². The lowest BCUT2D eigenvalue weighted by atomic mass is 10.1. The van der Waals surface area contributed by atoms with E-state index in [1.54, 1.807) is 12.1 Å². The summed E-state index contributed by atoms with van der Waals surface area (Å²) in [4.78, 5) is 11.5. The van der Waals surface area contributed by atoms with Crippen LogP contribution < -0.4 is 14.7 Å². The van der Waals surface area contributed by atoms with Crippen molar-refractivity contribution in [1.29, 1.82) is 0 Å². The molecule has 4 nitrogen and oxygen atoms in total. The van der Waals surface area contributed by atoms with Crippen molar-refractivity contribution < 1.29 is 4.39 Å². The molecule has 146 valence electrons. The third kappa shape index (κ3) is 5.34. The van der Waals surface area contributed by atoms with Gasteiger partial charge in [0.25, 0.3) is 0 Å². The molecule has 1 saturated heterocycles. The Balaban J connectivity index is 1.55. The lowest BCUT2D eigenvalue weighted by Crippen LogP contribution is -2.30. The highest BCUT2D eigenvalue weighted by molar-refractivity contribution is 5.55. The summed E-state index contributed by atoms with van der Waals surface area (Å²) in [6.45, 7) is 7.09. The molecule has 0 unspecified atom stereocenters. The van der Waals surface area contributed by atoms with Crippen molar-refractivity contribution in [3.8, 4) is 0 Å². The molecule has 0 saturated carbocycles. The number of hydrogen-bond acceptors (Lipinski definition) is 4. The minimum Gasteiger partial charge on any atom is -0.372 e. The zero-order valence-corrected chi connectivity index (χ0v) is 16.6. The largest absolute Gasteiger partial charge is 0.372 e. The van der Waals surface area contributed by atoms with Crippen molar-refractivity contribution in [1.82, 2.24) is 4.98 Å². The molecule has 0 N–H and O–H groups in total. The smallest absolute Gasteiger partial charge is 0.130 e. The number of hydrogen-bond donors (Lipinski definition) is 0. The third-order valence-electron chi connectivity index (χ3n) is 5.32. The third-order valence-corrected chi connectivity index (χ3v) is 5.32. The van der Waals surface area contributed by atoms with Crippen molar-refractivity contribution in [2.75, 3.05) is 54.5 Å². The lowest BCUT2D eigenvalue weighted by molar-refractivity contribution is 0.577. The fraction of sp³-hybridized carbons (Fsp3) is 0.500. The molecule has 1 aliphatic rings. The maximum Gasteiger partial charge on any atom is 0.130 e. The average molecular weight is 371 g/mol. The van der Waals surface area contributed by atoms with Crippen LogP contribution in [0.4, 0.5) is 21.6 Å². The van der Waals surface area contributed by atoms with Crippen molar-refractivity contribution in [3.05, 3.63) is 48.4 Å². The molecule has 0 aliphatic carbocycles. The number of rotatable bonds is 8. The fourth-order valence-electron chi connectivity index (χ4n) is 3.72. The van der Waals surface area contributed by atoms with E-state index >= 15 is 0 Å². The molecule has 0 spiro atoms. The Hall–Kier alpha value is -2.30. The number of benzene rings is 1. The molecule has 27 heavy (non-hydrogen) atoms. The van der Waals surface area contributed by atoms with E-state index in [0.717, 1.165) is 50.6 Å². The molecule has 0 radical (unpaired) electrons. The van der Waals surface area contributed by atoms with Crippen LogP contribution in [0.2, 0.25) is 0 Å². The minimum absolute atomic E-state index is 0.179. The van der Waals surface area contributed by atoms with Gasteiger partial charge in [-0.3, -0.25) is 0 Å². The molecule has 1 aromatic heterocycles. The van der Waals surface area contributed by atoms with Gasteiger partial charge in [0.05, 0.1) is 0 Å². The molecule has 0 amide bonds. The van der Waals surface area contributed by atoms with Gasteiger partial charge in [-0.25, -0.2) is 9.37 Å². The number of piperidine rings is 1. The van der Waals surface area contributed by atoms with Gasteiger partial charge in [-0.1, -0.05) is 6.07 Å². The Morgan fingerprint density at radius 2 is 1.89 bits per heavy atom. The topological polar surface area (TPSA) is 22.6 Å². The van der Waals surface area contributed by atoms with Crippen molar-refractivity contribution in [2.24, 2.45) is 0 Å². The number of aromatic nitrogens is 1. The Labute approximate surface area is 162 Å². The predicted molar refractivity (Wildman–Crippen MR) is 112 cm³/mol. The summed E-state index contributed by atoms with van der Waals surface area (Å²) in [5.41, 5.74) is 2.23. The summed E-state index contributed by atoms with van der Waals surface area (Å²) in [5, 5.41) is 0. The van der Waals surface area contributed by atoms with Gasteiger partial charge in [0.2, 0.25) is 0 Å². The monoisotopic (exact) mass is 370 g/mol. The molecule has 0 bridgehead atoms. The molecule has 2 aromatic rings. The molecule has 0 atom stereocenters. The van der Waals surface area contributed by atoms with Gasteiger partial charge in [0.1, 0.15) is 11.6 Å². The maximum absolute atomic E-state index is 13.5. The first-order valence-corrected chi connectivity index (χ1v) is 10.1. The predicted octanol–water partition coefficient (Wildman–Crippen LogP) is 4.56. The minimum atomic E-state index is -0.179. The van der Waals surface area contributed by atoms with E-state index in [1.165, 1.54) is 31.0 Å². The van der Waals surface area contributed by atoms with E-state index in [1.807, 2.05) is 12.3 Å². The Bertz CT molecular complexity index is 715. The molecular formula is C22H31FN4. The number of halogens is 1. The van der Waals surface area contributed by atoms with E-state index in [9.17, 15) is 4.39 Å². The lowest BCUT2D eigenvalue weighted by Gasteiger charge is -2.30. The van der Waals surface area contributed by atoms with Gasteiger partial charge < -0.3 is 14.7 Å². The first kappa shape index (κ1) is 19.5. The summed E-state index contributed by atoms with van der Waals surface area (Å²) < 4.78 is 13.5. The van der Waals surface area contributed by atoms with Crippen molar-refractivity contribution in [3.63, 3.8) is 0 Å². The SMILES string of the molecule is CCN(CCCN(C)c1cc(N2CCCCC2)ccn1)c1cccc(F)c1. The van der Waals surface area contributed by atoms with E-state index in [-0.39, 0.29) is 5.82 Å². The highest BCUT2D eigenvalue weighted by atomic mass is 19.1. The summed E-state index contributed by atoms with van der Waals surface area (Å²) >= 11 is 0. The molecule has 1 aromatic carbocycles. The normalized spacial score (nSPS) is 14.3. The van der Waals surface area contributed by atoms with Gasteiger partial charge in [-0.2, -0.15) is 0 Å². The summed E-state index contributed by atoms with van der Waals surface area (Å²) in [6.07, 6.45) is 6.81. The number of pyridine rings is 1. The van der Waals surface area contributed by atoms with Gasteiger partial charge in [-0.15, -0.1) is 0 Å². The second-order valence-electron chi connectivity index (χ2n) is 7.25. The van der Waals surface area contributed by atoms with Crippen LogP contribution in [0.3, 0.4) is 0 Å². The summed E-state index contributed by atoms with van der Waals surface area (Å²) in [5.74, 6) is 0.841. The Kier molecular flexibility index (Phi) is 6.91. The standard InChI is InChI=1S/C22H31FN4/c1-3-26(20-10-7-9-19(23)17-20)16-8-13-25(2)22-18-21(11-12-24-22)27-14-5-4-6-15-27/h7,9-12,17-18H,3-6,8,13-16H2,1-2H3. The van der Waals surface area contributed by atoms with Gasteiger partial charge in [0, 0.05) is 63.4 Å².